The van der Waals surface area contributed by atoms with Crippen molar-refractivity contribution in [2.75, 3.05) is 24.7 Å². The Hall–Kier alpha value is -0.190. The molecule has 0 aliphatic carbocycles. The summed E-state index contributed by atoms with van der Waals surface area (Å²) in [7, 11) is 0. The zero-order valence-corrected chi connectivity index (χ0v) is 11.6. The minimum absolute atomic E-state index is 0.636. The van der Waals surface area contributed by atoms with Crippen molar-refractivity contribution < 1.29 is 0 Å². The first-order valence-electron chi connectivity index (χ1n) is 5.64. The molecule has 1 aromatic carbocycles. The third-order valence-electron chi connectivity index (χ3n) is 3.53. The Labute approximate surface area is 109 Å². The highest BCUT2D eigenvalue weighted by molar-refractivity contribution is 9.10. The fourth-order valence-electron chi connectivity index (χ4n) is 2.75. The second kappa shape index (κ2) is 4.24. The Morgan fingerprint density at radius 2 is 2.31 bits per heavy atom. The van der Waals surface area contributed by atoms with Gasteiger partial charge in [-0.2, -0.15) is 0 Å². The molecule has 1 fully saturated rings. The Balaban J connectivity index is 2.07. The van der Waals surface area contributed by atoms with Gasteiger partial charge in [-0.25, -0.2) is 0 Å². The van der Waals surface area contributed by atoms with Crippen LogP contribution in [0.2, 0.25) is 0 Å². The van der Waals surface area contributed by atoms with Gasteiger partial charge in [0.15, 0.2) is 0 Å². The smallest absolute Gasteiger partial charge is 0.0518 e. The van der Waals surface area contributed by atoms with Crippen molar-refractivity contribution in [3.63, 3.8) is 0 Å². The molecule has 2 N–H and O–H groups in total. The van der Waals surface area contributed by atoms with Gasteiger partial charge in [0.1, 0.15) is 0 Å². The number of nitrogens with one attached hydrogen (secondary N) is 2. The number of thioether (sulfide) groups is 1. The van der Waals surface area contributed by atoms with Crippen molar-refractivity contribution in [3.8, 4) is 0 Å². The number of fused-ring (bicyclic) bond motifs is 3. The summed E-state index contributed by atoms with van der Waals surface area (Å²) >= 11 is 5.43. The van der Waals surface area contributed by atoms with Crippen LogP contribution in [0.3, 0.4) is 0 Å². The number of hydrogen-bond donors (Lipinski definition) is 2. The average Bonchev–Trinajstić information content (AvgIpc) is 2.67. The maximum atomic E-state index is 3.70. The zero-order valence-electron chi connectivity index (χ0n) is 9.22. The quantitative estimate of drug-likeness (QED) is 0.779. The number of anilines is 1. The maximum absolute atomic E-state index is 3.70. The van der Waals surface area contributed by atoms with Gasteiger partial charge < -0.3 is 10.6 Å². The molecule has 0 spiro atoms. The molecule has 2 nitrogen and oxygen atoms in total. The Kier molecular flexibility index (Phi) is 2.90. The van der Waals surface area contributed by atoms with Gasteiger partial charge in [-0.3, -0.25) is 0 Å². The van der Waals surface area contributed by atoms with E-state index in [1.807, 2.05) is 11.8 Å². The lowest BCUT2D eigenvalue weighted by Crippen LogP contribution is -2.38. The number of rotatable bonds is 1. The zero-order chi connectivity index (χ0) is 11.1. The molecular formula is C12H15BrN2S. The number of halogens is 1. The van der Waals surface area contributed by atoms with E-state index in [1.165, 1.54) is 27.0 Å². The van der Waals surface area contributed by atoms with Gasteiger partial charge in [-0.1, -0.05) is 15.9 Å². The van der Waals surface area contributed by atoms with E-state index in [4.69, 9.17) is 0 Å². The number of hydrogen-bond acceptors (Lipinski definition) is 3. The van der Waals surface area contributed by atoms with Gasteiger partial charge >= 0.3 is 0 Å². The molecule has 2 aliphatic rings. The molecule has 0 radical (unpaired) electrons. The van der Waals surface area contributed by atoms with Gasteiger partial charge in [-0.05, 0) is 36.9 Å². The van der Waals surface area contributed by atoms with Gasteiger partial charge in [0.05, 0.1) is 5.69 Å². The molecule has 2 heterocycles. The van der Waals surface area contributed by atoms with Crippen molar-refractivity contribution in [2.45, 2.75) is 23.3 Å². The van der Waals surface area contributed by atoms with E-state index in [1.54, 1.807) is 0 Å². The minimum atomic E-state index is 0.636. The molecule has 86 valence electrons. The molecule has 1 saturated heterocycles. The fraction of sp³-hybridized carbons (Fsp3) is 0.500. The largest absolute Gasteiger partial charge is 0.380 e. The Morgan fingerprint density at radius 3 is 3.12 bits per heavy atom. The number of piperidine rings is 1. The lowest BCUT2D eigenvalue weighted by Gasteiger charge is -2.26. The maximum Gasteiger partial charge on any atom is 0.0518 e. The molecule has 2 atom stereocenters. The minimum Gasteiger partial charge on any atom is -0.380 e. The second-order valence-electron chi connectivity index (χ2n) is 4.42. The summed E-state index contributed by atoms with van der Waals surface area (Å²) in [5, 5.41) is 7.19. The van der Waals surface area contributed by atoms with Gasteiger partial charge in [0.2, 0.25) is 0 Å². The predicted octanol–water partition coefficient (Wildman–Crippen LogP) is 3.04. The van der Waals surface area contributed by atoms with Crippen molar-refractivity contribution >= 4 is 33.4 Å². The van der Waals surface area contributed by atoms with Gasteiger partial charge in [0.25, 0.3) is 0 Å². The molecule has 0 unspecified atom stereocenters. The lowest BCUT2D eigenvalue weighted by atomic mass is 9.91. The average molecular weight is 299 g/mol. The Bertz CT molecular complexity index is 422. The topological polar surface area (TPSA) is 24.1 Å². The summed E-state index contributed by atoms with van der Waals surface area (Å²) in [5.41, 5.74) is 2.85. The van der Waals surface area contributed by atoms with Crippen LogP contribution >= 0.6 is 27.7 Å². The van der Waals surface area contributed by atoms with E-state index in [-0.39, 0.29) is 0 Å². The molecule has 1 aromatic rings. The molecule has 0 bridgehead atoms. The highest BCUT2D eigenvalue weighted by atomic mass is 79.9. The standard InChI is InChI=1S/C12H15BrN2S/c1-16-11-5-7(13)4-8-9-6-14-3-2-10(9)15-12(8)11/h4-5,9-10,14-15H,2-3,6H2,1H3/t9-,10-/m1/s1. The first-order valence-corrected chi connectivity index (χ1v) is 7.66. The van der Waals surface area contributed by atoms with Crippen molar-refractivity contribution in [1.82, 2.24) is 5.32 Å². The van der Waals surface area contributed by atoms with E-state index in [0.29, 0.717) is 12.0 Å². The van der Waals surface area contributed by atoms with Crippen LogP contribution in [0, 0.1) is 0 Å². The Morgan fingerprint density at radius 1 is 1.44 bits per heavy atom. The van der Waals surface area contributed by atoms with Crippen LogP contribution in [0.4, 0.5) is 5.69 Å². The fourth-order valence-corrected chi connectivity index (χ4v) is 4.01. The SMILES string of the molecule is CSc1cc(Br)cc2c1N[C@@H]1CCNC[C@H]21. The molecule has 4 heteroatoms. The first kappa shape index (κ1) is 10.9. The summed E-state index contributed by atoms with van der Waals surface area (Å²) in [6, 6.07) is 5.12. The highest BCUT2D eigenvalue weighted by Gasteiger charge is 2.35. The third-order valence-corrected chi connectivity index (χ3v) is 4.75. The van der Waals surface area contributed by atoms with E-state index in [9.17, 15) is 0 Å². The summed E-state index contributed by atoms with van der Waals surface area (Å²) in [6.07, 6.45) is 3.37. The van der Waals surface area contributed by atoms with Crippen LogP contribution in [0.25, 0.3) is 0 Å². The molecule has 0 aromatic heterocycles. The molecular weight excluding hydrogens is 284 g/mol. The van der Waals surface area contributed by atoms with Gasteiger partial charge in [-0.15, -0.1) is 11.8 Å². The number of benzene rings is 1. The van der Waals surface area contributed by atoms with E-state index >= 15 is 0 Å². The summed E-state index contributed by atoms with van der Waals surface area (Å²) in [5.74, 6) is 0.646. The van der Waals surface area contributed by atoms with Crippen molar-refractivity contribution in [2.24, 2.45) is 0 Å². The second-order valence-corrected chi connectivity index (χ2v) is 6.19. The molecule has 0 saturated carbocycles. The van der Waals surface area contributed by atoms with Crippen molar-refractivity contribution in [3.05, 3.63) is 22.2 Å². The van der Waals surface area contributed by atoms with Crippen molar-refractivity contribution in [1.29, 1.82) is 0 Å². The third kappa shape index (κ3) is 1.67. The van der Waals surface area contributed by atoms with Crippen LogP contribution in [-0.4, -0.2) is 25.4 Å². The molecule has 16 heavy (non-hydrogen) atoms. The van der Waals surface area contributed by atoms with Gasteiger partial charge in [0, 0.05) is 27.9 Å². The summed E-state index contributed by atoms with van der Waals surface area (Å²) in [4.78, 5) is 1.36. The molecule has 3 rings (SSSR count). The first-order chi connectivity index (χ1) is 7.79. The van der Waals surface area contributed by atoms with E-state index < -0.39 is 0 Å². The van der Waals surface area contributed by atoms with Crippen LogP contribution in [0.15, 0.2) is 21.5 Å². The van der Waals surface area contributed by atoms with E-state index in [0.717, 1.165) is 13.1 Å². The highest BCUT2D eigenvalue weighted by Crippen LogP contribution is 2.44. The van der Waals surface area contributed by atoms with Crippen LogP contribution in [-0.2, 0) is 0 Å². The monoisotopic (exact) mass is 298 g/mol. The normalized spacial score (nSPS) is 27.1. The van der Waals surface area contributed by atoms with Crippen LogP contribution in [0.5, 0.6) is 0 Å². The lowest BCUT2D eigenvalue weighted by molar-refractivity contribution is 0.440. The molecule has 0 amide bonds. The summed E-state index contributed by atoms with van der Waals surface area (Å²) in [6.45, 7) is 2.24. The summed E-state index contributed by atoms with van der Waals surface area (Å²) < 4.78 is 1.20. The van der Waals surface area contributed by atoms with E-state index in [2.05, 4.69) is 45.0 Å². The predicted molar refractivity (Wildman–Crippen MR) is 73.6 cm³/mol. The van der Waals surface area contributed by atoms with Crippen LogP contribution in [0.1, 0.15) is 17.9 Å². The molecule has 2 aliphatic heterocycles. The van der Waals surface area contributed by atoms with Crippen LogP contribution < -0.4 is 10.6 Å².